The summed E-state index contributed by atoms with van der Waals surface area (Å²) in [6.07, 6.45) is 0.465. The van der Waals surface area contributed by atoms with Crippen LogP contribution in [0.15, 0.2) is 24.5 Å². The number of likely N-dealkylation sites (tertiary alicyclic amines) is 1. The number of amides is 2. The Morgan fingerprint density at radius 2 is 1.81 bits per heavy atom. The molecule has 1 N–H and O–H groups in total. The number of piperidine rings is 1. The molecule has 1 unspecified atom stereocenters. The van der Waals surface area contributed by atoms with E-state index in [1.807, 2.05) is 26.0 Å². The van der Waals surface area contributed by atoms with E-state index in [0.29, 0.717) is 42.4 Å². The van der Waals surface area contributed by atoms with Gasteiger partial charge in [-0.1, -0.05) is 26.7 Å². The summed E-state index contributed by atoms with van der Waals surface area (Å²) in [6, 6.07) is 0.523. The lowest BCUT2D eigenvalue weighted by atomic mass is 10.0. The Labute approximate surface area is 241 Å². The third-order valence-corrected chi connectivity index (χ3v) is 8.55. The van der Waals surface area contributed by atoms with Crippen LogP contribution < -0.4 is 5.32 Å². The van der Waals surface area contributed by atoms with Crippen LogP contribution in [0, 0.1) is 19.3 Å². The number of ketones is 1. The number of carbonyl (C=O) groups excluding carboxylic acids is 3. The summed E-state index contributed by atoms with van der Waals surface area (Å²) in [5.74, 6) is -0.858. The highest BCUT2D eigenvalue weighted by Gasteiger charge is 2.64. The van der Waals surface area contributed by atoms with Crippen LogP contribution in [0.25, 0.3) is 22.0 Å². The molecule has 2 fully saturated rings. The number of carbonyl (C=O) groups is 3. The maximum Gasteiger partial charge on any atom is 0.408 e. The molecule has 224 valence electrons. The molecule has 2 amide bonds. The number of rotatable bonds is 9. The van der Waals surface area contributed by atoms with Crippen LogP contribution in [0.4, 0.5) is 13.2 Å². The molecule has 42 heavy (non-hydrogen) atoms. The molecule has 2 aliphatic rings. The average molecular weight is 585 g/mol. The van der Waals surface area contributed by atoms with Gasteiger partial charge in [-0.3, -0.25) is 19.1 Å². The summed E-state index contributed by atoms with van der Waals surface area (Å²) < 4.78 is 42.4. The second kappa shape index (κ2) is 10.8. The first-order valence-corrected chi connectivity index (χ1v) is 14.2. The quantitative estimate of drug-likeness (QED) is 0.357. The monoisotopic (exact) mass is 584 g/mol. The van der Waals surface area contributed by atoms with Gasteiger partial charge in [0.15, 0.2) is 5.78 Å². The van der Waals surface area contributed by atoms with Crippen molar-refractivity contribution in [2.24, 2.45) is 5.41 Å². The lowest BCUT2D eigenvalue weighted by molar-refractivity contribution is -0.165. The van der Waals surface area contributed by atoms with Gasteiger partial charge in [0, 0.05) is 36.3 Å². The van der Waals surface area contributed by atoms with E-state index >= 15 is 0 Å². The van der Waals surface area contributed by atoms with Crippen molar-refractivity contribution in [2.45, 2.75) is 97.6 Å². The van der Waals surface area contributed by atoms with Gasteiger partial charge in [-0.25, -0.2) is 9.97 Å². The highest BCUT2D eigenvalue weighted by atomic mass is 19.4. The molecule has 12 heteroatoms. The van der Waals surface area contributed by atoms with Crippen molar-refractivity contribution in [3.63, 3.8) is 0 Å². The Hall–Kier alpha value is -3.83. The molecule has 4 atom stereocenters. The first-order valence-electron chi connectivity index (χ1n) is 14.2. The number of fused-ring (bicyclic) bond motifs is 2. The molecule has 2 aromatic heterocycles. The number of aryl methyl sites for hydroxylation is 2. The summed E-state index contributed by atoms with van der Waals surface area (Å²) in [4.78, 5) is 49.5. The van der Waals surface area contributed by atoms with Crippen molar-refractivity contribution in [1.82, 2.24) is 30.0 Å². The van der Waals surface area contributed by atoms with E-state index in [-0.39, 0.29) is 35.9 Å². The van der Waals surface area contributed by atoms with Gasteiger partial charge in [0.05, 0.1) is 5.52 Å². The minimum Gasteiger partial charge on any atom is -0.343 e. The molecule has 1 aliphatic heterocycles. The fraction of sp³-hybridized carbons (Fsp3) is 0.533. The van der Waals surface area contributed by atoms with Gasteiger partial charge in [0.25, 0.3) is 0 Å². The number of hydrogen-bond acceptors (Lipinski definition) is 6. The first kappa shape index (κ1) is 29.7. The molecule has 0 bridgehead atoms. The molecule has 3 heterocycles. The minimum atomic E-state index is -4.58. The molecule has 0 radical (unpaired) electrons. The number of nitrogens with zero attached hydrogens (tertiary/aromatic N) is 5. The molecule has 1 saturated carbocycles. The van der Waals surface area contributed by atoms with Crippen LogP contribution in [0.2, 0.25) is 0 Å². The minimum absolute atomic E-state index is 0.201. The zero-order valence-corrected chi connectivity index (χ0v) is 24.4. The molecule has 9 nitrogen and oxygen atoms in total. The summed E-state index contributed by atoms with van der Waals surface area (Å²) in [6.45, 7) is 8.51. The maximum atomic E-state index is 13.8. The van der Waals surface area contributed by atoms with Crippen molar-refractivity contribution in [3.8, 4) is 11.1 Å². The topological polar surface area (TPSA) is 110 Å². The predicted molar refractivity (Wildman–Crippen MR) is 150 cm³/mol. The molecule has 1 saturated heterocycles. The van der Waals surface area contributed by atoms with E-state index < -0.39 is 30.1 Å². The van der Waals surface area contributed by atoms with E-state index in [9.17, 15) is 27.6 Å². The van der Waals surface area contributed by atoms with Crippen molar-refractivity contribution in [1.29, 1.82) is 0 Å². The van der Waals surface area contributed by atoms with Gasteiger partial charge >= 0.3 is 6.18 Å². The van der Waals surface area contributed by atoms with E-state index in [1.54, 1.807) is 26.2 Å². The molecular weight excluding hydrogens is 549 g/mol. The van der Waals surface area contributed by atoms with Crippen molar-refractivity contribution < 1.29 is 27.6 Å². The molecule has 1 aromatic carbocycles. The Kier molecular flexibility index (Phi) is 7.61. The first-order chi connectivity index (χ1) is 19.7. The average Bonchev–Trinajstić information content (AvgIpc) is 3.27. The van der Waals surface area contributed by atoms with E-state index in [0.717, 1.165) is 16.7 Å². The summed E-state index contributed by atoms with van der Waals surface area (Å²) in [7, 11) is 0. The number of hydrogen-bond donors (Lipinski definition) is 1. The predicted octanol–water partition coefficient (Wildman–Crippen LogP) is 4.93. The van der Waals surface area contributed by atoms with Crippen LogP contribution in [0.5, 0.6) is 0 Å². The van der Waals surface area contributed by atoms with Gasteiger partial charge in [-0.2, -0.15) is 18.3 Å². The SMILES string of the molecule is CCCCC(NC(=O)[C@@H]1C[C@@]2(C)C[C@H]2N1C(=O)Cn1nc(C(C)=O)c2cc(-c3cnc(C)nc3)cc(C)c21)C(F)(F)F. The lowest BCUT2D eigenvalue weighted by Gasteiger charge is -2.29. The van der Waals surface area contributed by atoms with Crippen LogP contribution in [-0.2, 0) is 16.1 Å². The largest absolute Gasteiger partial charge is 0.408 e. The number of unbranched alkanes of at least 4 members (excludes halogenated alkanes) is 1. The summed E-state index contributed by atoms with van der Waals surface area (Å²) >= 11 is 0. The van der Waals surface area contributed by atoms with Gasteiger partial charge in [-0.05, 0) is 61.8 Å². The molecule has 5 rings (SSSR count). The number of nitrogens with one attached hydrogen (secondary N) is 1. The van der Waals surface area contributed by atoms with Gasteiger partial charge in [-0.15, -0.1) is 0 Å². The smallest absolute Gasteiger partial charge is 0.343 e. The van der Waals surface area contributed by atoms with Crippen molar-refractivity contribution in [2.75, 3.05) is 0 Å². The van der Waals surface area contributed by atoms with E-state index in [2.05, 4.69) is 20.4 Å². The molecule has 1 aliphatic carbocycles. The standard InChI is InChI=1S/C30H35F3N6O3/c1-6-7-8-23(30(31,32)33)36-28(42)22-11-29(5)12-24(29)39(22)25(41)15-38-27-16(2)9-19(20-13-34-18(4)35-14-20)10-21(27)26(37-38)17(3)40/h9-10,13-14,22-24H,6-8,11-12,15H2,1-5H3,(H,36,42)/t22-,23?,24+,29-/m0/s1. The lowest BCUT2D eigenvalue weighted by Crippen LogP contribution is -2.54. The van der Waals surface area contributed by atoms with Gasteiger partial charge < -0.3 is 10.2 Å². The number of halogens is 3. The van der Waals surface area contributed by atoms with E-state index in [4.69, 9.17) is 0 Å². The molecular formula is C30H35F3N6O3. The fourth-order valence-electron chi connectivity index (χ4n) is 6.17. The third kappa shape index (κ3) is 5.50. The zero-order valence-electron chi connectivity index (χ0n) is 24.4. The number of Topliss-reactive ketones (excluding diaryl/α,β-unsaturated/α-hetero) is 1. The Morgan fingerprint density at radius 1 is 1.12 bits per heavy atom. The Balaban J connectivity index is 1.44. The summed E-state index contributed by atoms with van der Waals surface area (Å²) in [5, 5.41) is 7.25. The zero-order chi connectivity index (χ0) is 30.6. The van der Waals surface area contributed by atoms with Gasteiger partial charge in [0.2, 0.25) is 11.8 Å². The molecule has 3 aromatic rings. The third-order valence-electron chi connectivity index (χ3n) is 8.55. The fourth-order valence-corrected chi connectivity index (χ4v) is 6.17. The number of aromatic nitrogens is 4. The van der Waals surface area contributed by atoms with E-state index in [1.165, 1.54) is 16.5 Å². The normalized spacial score (nSPS) is 22.2. The second-order valence-corrected chi connectivity index (χ2v) is 11.9. The second-order valence-electron chi connectivity index (χ2n) is 11.9. The van der Waals surface area contributed by atoms with Crippen LogP contribution in [0.1, 0.15) is 74.8 Å². The Bertz CT molecular complexity index is 1550. The number of benzene rings is 1. The summed E-state index contributed by atoms with van der Waals surface area (Å²) in [5.41, 5.74) is 2.81. The highest BCUT2D eigenvalue weighted by molar-refractivity contribution is 6.07. The van der Waals surface area contributed by atoms with Gasteiger partial charge in [0.1, 0.15) is 30.1 Å². The highest BCUT2D eigenvalue weighted by Crippen LogP contribution is 2.59. The van der Waals surface area contributed by atoms with Crippen molar-refractivity contribution >= 4 is 28.5 Å². The maximum absolute atomic E-state index is 13.8. The number of alkyl halides is 3. The molecule has 0 spiro atoms. The van der Waals surface area contributed by atoms with Crippen LogP contribution in [-0.4, -0.2) is 66.5 Å². The van der Waals surface area contributed by atoms with Crippen LogP contribution in [0.3, 0.4) is 0 Å². The van der Waals surface area contributed by atoms with Crippen molar-refractivity contribution in [3.05, 3.63) is 41.6 Å². The Morgan fingerprint density at radius 3 is 2.43 bits per heavy atom. The van der Waals surface area contributed by atoms with Crippen LogP contribution >= 0.6 is 0 Å².